The van der Waals surface area contributed by atoms with Crippen LogP contribution < -0.4 is 5.32 Å². The van der Waals surface area contributed by atoms with Gasteiger partial charge in [0.1, 0.15) is 0 Å². The number of aliphatic hydroxyl groups is 1. The molecule has 0 aromatic heterocycles. The molecule has 0 aliphatic heterocycles. The lowest BCUT2D eigenvalue weighted by Crippen LogP contribution is -2.38. The number of esters is 1. The van der Waals surface area contributed by atoms with Crippen LogP contribution in [0.2, 0.25) is 0 Å². The van der Waals surface area contributed by atoms with E-state index in [4.69, 9.17) is 4.74 Å². The van der Waals surface area contributed by atoms with E-state index < -0.39 is 0 Å². The van der Waals surface area contributed by atoms with E-state index in [9.17, 15) is 9.90 Å². The molecule has 5 heteroatoms. The van der Waals surface area contributed by atoms with Crippen molar-refractivity contribution in [3.63, 3.8) is 0 Å². The van der Waals surface area contributed by atoms with Crippen LogP contribution in [0, 0.1) is 0 Å². The number of nitrogens with one attached hydrogen (secondary N) is 1. The van der Waals surface area contributed by atoms with Crippen LogP contribution in [0.25, 0.3) is 0 Å². The molecule has 0 saturated heterocycles. The van der Waals surface area contributed by atoms with Crippen LogP contribution in [0.3, 0.4) is 0 Å². The Kier molecular flexibility index (Phi) is 11.0. The molecule has 1 unspecified atom stereocenters. The largest absolute Gasteiger partial charge is 0.466 e. The van der Waals surface area contributed by atoms with Crippen molar-refractivity contribution in [1.82, 2.24) is 10.2 Å². The lowest BCUT2D eigenvalue weighted by molar-refractivity contribution is -0.143. The van der Waals surface area contributed by atoms with E-state index in [1.807, 2.05) is 0 Å². The van der Waals surface area contributed by atoms with Gasteiger partial charge < -0.3 is 20.1 Å². The van der Waals surface area contributed by atoms with E-state index in [0.29, 0.717) is 26.1 Å². The molecule has 2 N–H and O–H groups in total. The number of carbonyl (C=O) groups excluding carboxylic acids is 1. The van der Waals surface area contributed by atoms with Crippen LogP contribution in [-0.2, 0) is 9.53 Å². The first-order valence-corrected chi connectivity index (χ1v) is 6.90. The highest BCUT2D eigenvalue weighted by Gasteiger charge is 2.08. The Morgan fingerprint density at radius 1 is 1.33 bits per heavy atom. The van der Waals surface area contributed by atoms with Gasteiger partial charge in [-0.25, -0.2) is 0 Å². The summed E-state index contributed by atoms with van der Waals surface area (Å²) in [5, 5.41) is 12.9. The molecule has 0 aromatic rings. The van der Waals surface area contributed by atoms with Crippen molar-refractivity contribution < 1.29 is 14.6 Å². The average Bonchev–Trinajstić information content (AvgIpc) is 2.35. The molecule has 0 fully saturated rings. The number of aliphatic hydroxyl groups excluding tert-OH is 1. The minimum Gasteiger partial charge on any atom is -0.466 e. The molecule has 0 amide bonds. The summed E-state index contributed by atoms with van der Waals surface area (Å²) in [6.45, 7) is 10.3. The molecule has 108 valence electrons. The first-order chi connectivity index (χ1) is 8.63. The van der Waals surface area contributed by atoms with Gasteiger partial charge in [-0.2, -0.15) is 0 Å². The van der Waals surface area contributed by atoms with Crippen LogP contribution >= 0.6 is 0 Å². The zero-order valence-corrected chi connectivity index (χ0v) is 11.9. The smallest absolute Gasteiger partial charge is 0.305 e. The molecule has 0 radical (unpaired) electrons. The predicted octanol–water partition coefficient (Wildman–Crippen LogP) is 0.622. The molecule has 0 heterocycles. The van der Waals surface area contributed by atoms with E-state index in [-0.39, 0.29) is 12.1 Å². The monoisotopic (exact) mass is 260 g/mol. The fourth-order valence-electron chi connectivity index (χ4n) is 1.70. The minimum atomic E-state index is -0.354. The molecule has 0 aliphatic rings. The molecule has 5 nitrogen and oxygen atoms in total. The van der Waals surface area contributed by atoms with Crippen LogP contribution in [0.1, 0.15) is 33.6 Å². The maximum atomic E-state index is 11.1. The lowest BCUT2D eigenvalue weighted by Gasteiger charge is -2.22. The summed E-state index contributed by atoms with van der Waals surface area (Å²) in [5.74, 6) is -0.150. The van der Waals surface area contributed by atoms with Crippen LogP contribution in [0.5, 0.6) is 0 Å². The summed E-state index contributed by atoms with van der Waals surface area (Å²) >= 11 is 0. The summed E-state index contributed by atoms with van der Waals surface area (Å²) < 4.78 is 4.83. The third-order valence-electron chi connectivity index (χ3n) is 2.78. The van der Waals surface area contributed by atoms with Gasteiger partial charge in [-0.15, -0.1) is 0 Å². The Bertz CT molecular complexity index is 208. The number of ether oxygens (including phenoxy) is 1. The number of likely N-dealkylation sites (N-methyl/N-ethyl adjacent to an activating group) is 1. The highest BCUT2D eigenvalue weighted by molar-refractivity contribution is 5.69. The van der Waals surface area contributed by atoms with Crippen molar-refractivity contribution in [2.24, 2.45) is 0 Å². The summed E-state index contributed by atoms with van der Waals surface area (Å²) in [7, 11) is 0. The van der Waals surface area contributed by atoms with Gasteiger partial charge in [-0.1, -0.05) is 13.8 Å². The van der Waals surface area contributed by atoms with Crippen molar-refractivity contribution >= 4 is 5.97 Å². The fraction of sp³-hybridized carbons (Fsp3) is 0.923. The van der Waals surface area contributed by atoms with Gasteiger partial charge in [0.15, 0.2) is 0 Å². The maximum Gasteiger partial charge on any atom is 0.305 e. The topological polar surface area (TPSA) is 61.8 Å². The quantitative estimate of drug-likeness (QED) is 0.421. The number of rotatable bonds is 11. The molecular weight excluding hydrogens is 232 g/mol. The Morgan fingerprint density at radius 3 is 2.56 bits per heavy atom. The van der Waals surface area contributed by atoms with Crippen LogP contribution in [-0.4, -0.2) is 61.4 Å². The molecule has 1 atom stereocenters. The van der Waals surface area contributed by atoms with Gasteiger partial charge in [0.2, 0.25) is 0 Å². The minimum absolute atomic E-state index is 0.150. The second-order valence-corrected chi connectivity index (χ2v) is 4.25. The molecule has 0 aromatic carbocycles. The lowest BCUT2D eigenvalue weighted by atomic mass is 10.3. The van der Waals surface area contributed by atoms with E-state index in [0.717, 1.165) is 26.1 Å². The molecule has 0 saturated carbocycles. The first-order valence-electron chi connectivity index (χ1n) is 6.90. The Labute approximate surface area is 110 Å². The third kappa shape index (κ3) is 9.39. The summed E-state index contributed by atoms with van der Waals surface area (Å²) in [6, 6.07) is 0. The Balaban J connectivity index is 3.45. The van der Waals surface area contributed by atoms with E-state index in [1.54, 1.807) is 6.92 Å². The van der Waals surface area contributed by atoms with Gasteiger partial charge in [0, 0.05) is 19.5 Å². The van der Waals surface area contributed by atoms with Gasteiger partial charge in [-0.3, -0.25) is 4.79 Å². The first kappa shape index (κ1) is 17.4. The number of carbonyl (C=O) groups is 1. The zero-order chi connectivity index (χ0) is 13.8. The van der Waals surface area contributed by atoms with Gasteiger partial charge >= 0.3 is 5.97 Å². The normalized spacial score (nSPS) is 12.7. The second-order valence-electron chi connectivity index (χ2n) is 4.25. The van der Waals surface area contributed by atoms with Gasteiger partial charge in [0.05, 0.1) is 12.7 Å². The van der Waals surface area contributed by atoms with Crippen molar-refractivity contribution in [3.05, 3.63) is 0 Å². The van der Waals surface area contributed by atoms with Crippen LogP contribution in [0.15, 0.2) is 0 Å². The number of hydrogen-bond donors (Lipinski definition) is 2. The summed E-state index contributed by atoms with van der Waals surface area (Å²) in [4.78, 5) is 13.2. The molecule has 0 bridgehead atoms. The molecular formula is C13H28N2O3. The summed E-state index contributed by atoms with van der Waals surface area (Å²) in [6.07, 6.45) is 0.830. The Hall–Kier alpha value is -0.650. The highest BCUT2D eigenvalue weighted by Crippen LogP contribution is 1.93. The molecule has 0 spiro atoms. The second kappa shape index (κ2) is 11.4. The molecule has 0 rings (SSSR count). The van der Waals surface area contributed by atoms with Crippen molar-refractivity contribution in [2.75, 3.05) is 39.3 Å². The average molecular weight is 260 g/mol. The van der Waals surface area contributed by atoms with E-state index in [1.165, 1.54) is 0 Å². The fourth-order valence-corrected chi connectivity index (χ4v) is 1.70. The number of hydrogen-bond acceptors (Lipinski definition) is 5. The van der Waals surface area contributed by atoms with Crippen LogP contribution in [0.4, 0.5) is 0 Å². The molecule has 0 aliphatic carbocycles. The van der Waals surface area contributed by atoms with Crippen molar-refractivity contribution in [1.29, 1.82) is 0 Å². The predicted molar refractivity (Wildman–Crippen MR) is 72.5 cm³/mol. The maximum absolute atomic E-state index is 11.1. The Morgan fingerprint density at radius 2 is 2.00 bits per heavy atom. The zero-order valence-electron chi connectivity index (χ0n) is 11.9. The van der Waals surface area contributed by atoms with Gasteiger partial charge in [-0.05, 0) is 33.0 Å². The molecule has 18 heavy (non-hydrogen) atoms. The van der Waals surface area contributed by atoms with E-state index in [2.05, 4.69) is 24.1 Å². The SMILES string of the molecule is CCOC(=O)CCCNCC(O)CN(CC)CC. The van der Waals surface area contributed by atoms with Crippen molar-refractivity contribution in [2.45, 2.75) is 39.7 Å². The highest BCUT2D eigenvalue weighted by atomic mass is 16.5. The number of nitrogens with zero attached hydrogens (tertiary/aromatic N) is 1. The van der Waals surface area contributed by atoms with Crippen molar-refractivity contribution in [3.8, 4) is 0 Å². The van der Waals surface area contributed by atoms with Gasteiger partial charge in [0.25, 0.3) is 0 Å². The third-order valence-corrected chi connectivity index (χ3v) is 2.78. The standard InChI is InChI=1S/C13H28N2O3/c1-4-15(5-2)11-12(16)10-14-9-7-8-13(17)18-6-3/h12,14,16H,4-11H2,1-3H3. The van der Waals surface area contributed by atoms with E-state index >= 15 is 0 Å². The summed E-state index contributed by atoms with van der Waals surface area (Å²) in [5.41, 5.74) is 0.